The molecule has 27 heavy (non-hydrogen) atoms. The van der Waals surface area contributed by atoms with Crippen LogP contribution < -0.4 is 5.73 Å². The van der Waals surface area contributed by atoms with Gasteiger partial charge in [0.1, 0.15) is 5.78 Å². The highest BCUT2D eigenvalue weighted by molar-refractivity contribution is 5.78. The highest BCUT2D eigenvalue weighted by atomic mass is 16.1. The lowest BCUT2D eigenvalue weighted by Gasteiger charge is -2.45. The van der Waals surface area contributed by atoms with Crippen molar-refractivity contribution in [2.24, 2.45) is 11.8 Å². The smallest absolute Gasteiger partial charge is 0.134 e. The van der Waals surface area contributed by atoms with Crippen molar-refractivity contribution in [1.29, 1.82) is 0 Å². The molecule has 1 aliphatic rings. The summed E-state index contributed by atoms with van der Waals surface area (Å²) in [5.41, 5.74) is 9.57. The number of nitrogen functional groups attached to an aromatic ring is 1. The average molecular weight is 365 g/mol. The largest absolute Gasteiger partial charge is 0.399 e. The standard InChI is InChI=1S/C24H32N2O/c1-18-16-26(13-12-24(18,3)22-10-7-11-23(25)15-22)17-21(19(2)27)14-20-8-5-4-6-9-20/h4-11,15,18,21H,12-14,16-17,25H2,1-3H3/t18-,21-,24+/m0/s1. The highest BCUT2D eigenvalue weighted by Gasteiger charge is 2.38. The van der Waals surface area contributed by atoms with Crippen molar-refractivity contribution in [3.8, 4) is 0 Å². The van der Waals surface area contributed by atoms with Crippen molar-refractivity contribution < 1.29 is 4.79 Å². The Kier molecular flexibility index (Phi) is 6.01. The number of anilines is 1. The van der Waals surface area contributed by atoms with Gasteiger partial charge in [-0.1, -0.05) is 56.3 Å². The van der Waals surface area contributed by atoms with E-state index in [-0.39, 0.29) is 17.1 Å². The Labute approximate surface area is 163 Å². The van der Waals surface area contributed by atoms with Gasteiger partial charge < -0.3 is 10.6 Å². The molecule has 1 heterocycles. The summed E-state index contributed by atoms with van der Waals surface area (Å²) in [6, 6.07) is 18.7. The van der Waals surface area contributed by atoms with Gasteiger partial charge in [0.25, 0.3) is 0 Å². The molecule has 0 aliphatic carbocycles. The second-order valence-corrected chi connectivity index (χ2v) is 8.45. The van der Waals surface area contributed by atoms with Gasteiger partial charge in [0.05, 0.1) is 0 Å². The zero-order valence-electron chi connectivity index (χ0n) is 16.8. The first-order chi connectivity index (χ1) is 12.9. The van der Waals surface area contributed by atoms with Crippen LogP contribution in [0.15, 0.2) is 54.6 Å². The Hall–Kier alpha value is -2.13. The quantitative estimate of drug-likeness (QED) is 0.777. The van der Waals surface area contributed by atoms with Gasteiger partial charge in [0.2, 0.25) is 0 Å². The molecule has 2 N–H and O–H groups in total. The molecule has 0 unspecified atom stereocenters. The molecule has 1 aliphatic heterocycles. The molecule has 0 aromatic heterocycles. The van der Waals surface area contributed by atoms with E-state index < -0.39 is 0 Å². The van der Waals surface area contributed by atoms with Crippen LogP contribution in [0.5, 0.6) is 0 Å². The minimum atomic E-state index is 0.0660. The minimum Gasteiger partial charge on any atom is -0.399 e. The molecule has 1 saturated heterocycles. The molecular formula is C24H32N2O. The van der Waals surface area contributed by atoms with E-state index in [1.54, 1.807) is 6.92 Å². The Morgan fingerprint density at radius 2 is 1.96 bits per heavy atom. The molecule has 0 radical (unpaired) electrons. The van der Waals surface area contributed by atoms with Crippen LogP contribution in [0.25, 0.3) is 0 Å². The number of carbonyl (C=O) groups is 1. The zero-order valence-corrected chi connectivity index (χ0v) is 16.8. The number of carbonyl (C=O) groups excluding carboxylic acids is 1. The monoisotopic (exact) mass is 364 g/mol. The molecule has 3 heteroatoms. The van der Waals surface area contributed by atoms with Gasteiger partial charge in [0, 0.05) is 24.7 Å². The Bertz CT molecular complexity index is 773. The van der Waals surface area contributed by atoms with Crippen LogP contribution >= 0.6 is 0 Å². The molecule has 0 spiro atoms. The van der Waals surface area contributed by atoms with Crippen LogP contribution in [0.2, 0.25) is 0 Å². The van der Waals surface area contributed by atoms with E-state index in [1.807, 2.05) is 24.3 Å². The maximum Gasteiger partial charge on any atom is 0.134 e. The predicted octanol–water partition coefficient (Wildman–Crippen LogP) is 4.32. The van der Waals surface area contributed by atoms with Crippen molar-refractivity contribution in [2.75, 3.05) is 25.4 Å². The maximum absolute atomic E-state index is 12.2. The molecule has 2 aromatic rings. The fourth-order valence-corrected chi connectivity index (χ4v) is 4.35. The number of rotatable bonds is 6. The van der Waals surface area contributed by atoms with Gasteiger partial charge in [0.15, 0.2) is 0 Å². The second kappa shape index (κ2) is 8.26. The van der Waals surface area contributed by atoms with Gasteiger partial charge >= 0.3 is 0 Å². The second-order valence-electron chi connectivity index (χ2n) is 8.45. The lowest BCUT2D eigenvalue weighted by Crippen LogP contribution is -2.49. The molecular weight excluding hydrogens is 332 g/mol. The maximum atomic E-state index is 12.2. The molecule has 1 fully saturated rings. The van der Waals surface area contributed by atoms with Crippen molar-refractivity contribution >= 4 is 11.5 Å². The lowest BCUT2D eigenvalue weighted by molar-refractivity contribution is -0.121. The third kappa shape index (κ3) is 4.59. The van der Waals surface area contributed by atoms with Crippen LogP contribution in [-0.2, 0) is 16.6 Å². The topological polar surface area (TPSA) is 46.3 Å². The van der Waals surface area contributed by atoms with E-state index >= 15 is 0 Å². The number of Topliss-reactive ketones (excluding diaryl/α,β-unsaturated/α-hetero) is 1. The molecule has 3 nitrogen and oxygen atoms in total. The van der Waals surface area contributed by atoms with E-state index in [9.17, 15) is 4.79 Å². The third-order valence-corrected chi connectivity index (χ3v) is 6.49. The summed E-state index contributed by atoms with van der Waals surface area (Å²) in [6.45, 7) is 9.31. The molecule has 3 atom stereocenters. The fourth-order valence-electron chi connectivity index (χ4n) is 4.35. The van der Waals surface area contributed by atoms with E-state index in [2.05, 4.69) is 49.1 Å². The number of hydrogen-bond donors (Lipinski definition) is 1. The summed E-state index contributed by atoms with van der Waals surface area (Å²) in [5, 5.41) is 0. The van der Waals surface area contributed by atoms with Crippen LogP contribution in [0.4, 0.5) is 5.69 Å². The predicted molar refractivity (Wildman–Crippen MR) is 113 cm³/mol. The molecule has 0 bridgehead atoms. The summed E-state index contributed by atoms with van der Waals surface area (Å²) in [4.78, 5) is 14.7. The van der Waals surface area contributed by atoms with Gasteiger partial charge in [-0.25, -0.2) is 0 Å². The highest BCUT2D eigenvalue weighted by Crippen LogP contribution is 2.40. The molecule has 144 valence electrons. The summed E-state index contributed by atoms with van der Waals surface area (Å²) in [7, 11) is 0. The number of hydrogen-bond acceptors (Lipinski definition) is 3. The Balaban J connectivity index is 1.67. The summed E-state index contributed by atoms with van der Waals surface area (Å²) in [6.07, 6.45) is 1.92. The first-order valence-electron chi connectivity index (χ1n) is 10.0. The van der Waals surface area contributed by atoms with Crippen LogP contribution in [0, 0.1) is 11.8 Å². The number of ketones is 1. The summed E-state index contributed by atoms with van der Waals surface area (Å²) in [5.74, 6) is 0.865. The number of likely N-dealkylation sites (tertiary alicyclic amines) is 1. The number of nitrogens with zero attached hydrogens (tertiary/aromatic N) is 1. The fraction of sp³-hybridized carbons (Fsp3) is 0.458. The first-order valence-corrected chi connectivity index (χ1v) is 10.0. The Morgan fingerprint density at radius 1 is 1.22 bits per heavy atom. The van der Waals surface area contributed by atoms with Crippen LogP contribution in [0.1, 0.15) is 38.3 Å². The van der Waals surface area contributed by atoms with Gasteiger partial charge in [-0.2, -0.15) is 0 Å². The van der Waals surface area contributed by atoms with Gasteiger partial charge in [-0.05, 0) is 60.9 Å². The number of piperidine rings is 1. The van der Waals surface area contributed by atoms with Crippen molar-refractivity contribution in [1.82, 2.24) is 4.90 Å². The number of benzene rings is 2. The molecule has 2 aromatic carbocycles. The normalized spacial score (nSPS) is 24.5. The molecule has 0 saturated carbocycles. The third-order valence-electron chi connectivity index (χ3n) is 6.49. The van der Waals surface area contributed by atoms with E-state index in [4.69, 9.17) is 5.73 Å². The zero-order chi connectivity index (χ0) is 19.4. The van der Waals surface area contributed by atoms with E-state index in [1.165, 1.54) is 11.1 Å². The van der Waals surface area contributed by atoms with Gasteiger partial charge in [-0.15, -0.1) is 0 Å². The SMILES string of the molecule is CC(=O)[C@@H](Cc1ccccc1)CN1CC[C@@](C)(c2cccc(N)c2)[C@@H](C)C1. The molecule has 3 rings (SSSR count). The van der Waals surface area contributed by atoms with Crippen molar-refractivity contribution in [3.63, 3.8) is 0 Å². The van der Waals surface area contributed by atoms with Crippen molar-refractivity contribution in [2.45, 2.75) is 39.0 Å². The summed E-state index contributed by atoms with van der Waals surface area (Å²) >= 11 is 0. The molecule has 0 amide bonds. The Morgan fingerprint density at radius 3 is 2.59 bits per heavy atom. The van der Waals surface area contributed by atoms with Gasteiger partial charge in [-0.3, -0.25) is 4.79 Å². The lowest BCUT2D eigenvalue weighted by atomic mass is 9.68. The van der Waals surface area contributed by atoms with Crippen molar-refractivity contribution in [3.05, 3.63) is 65.7 Å². The van der Waals surface area contributed by atoms with E-state index in [0.717, 1.165) is 38.2 Å². The first kappa shape index (κ1) is 19.6. The van der Waals surface area contributed by atoms with Crippen LogP contribution in [-0.4, -0.2) is 30.3 Å². The summed E-state index contributed by atoms with van der Waals surface area (Å²) < 4.78 is 0. The van der Waals surface area contributed by atoms with Crippen LogP contribution in [0.3, 0.4) is 0 Å². The average Bonchev–Trinajstić information content (AvgIpc) is 2.65. The minimum absolute atomic E-state index is 0.0660. The number of nitrogens with two attached hydrogens (primary N) is 1. The van der Waals surface area contributed by atoms with E-state index in [0.29, 0.717) is 5.92 Å².